The first-order valence-electron chi connectivity index (χ1n) is 3.89. The second-order valence-corrected chi connectivity index (χ2v) is 2.85. The van der Waals surface area contributed by atoms with E-state index in [2.05, 4.69) is 4.98 Å². The number of hydrogen-bond donors (Lipinski definition) is 4. The first-order valence-corrected chi connectivity index (χ1v) is 3.89. The van der Waals surface area contributed by atoms with E-state index < -0.39 is 23.3 Å². The number of nitrogens with one attached hydrogen (secondary N) is 1. The lowest BCUT2D eigenvalue weighted by molar-refractivity contribution is -0.137. The Morgan fingerprint density at radius 3 is 2.79 bits per heavy atom. The van der Waals surface area contributed by atoms with Crippen molar-refractivity contribution in [2.45, 2.75) is 12.5 Å². The van der Waals surface area contributed by atoms with Crippen LogP contribution < -0.4 is 11.3 Å². The van der Waals surface area contributed by atoms with Crippen LogP contribution in [-0.2, 0) is 4.79 Å². The smallest absolute Gasteiger partial charge is 0.305 e. The number of aromatic hydroxyl groups is 1. The van der Waals surface area contributed by atoms with Crippen molar-refractivity contribution < 1.29 is 15.0 Å². The van der Waals surface area contributed by atoms with E-state index in [-0.39, 0.29) is 6.42 Å². The van der Waals surface area contributed by atoms with Gasteiger partial charge in [0, 0.05) is 12.2 Å². The predicted molar refractivity (Wildman–Crippen MR) is 47.9 cm³/mol. The highest BCUT2D eigenvalue weighted by Gasteiger charge is 2.11. The molecular formula is C8H10N2O4. The van der Waals surface area contributed by atoms with Crippen molar-refractivity contribution in [2.75, 3.05) is 0 Å². The van der Waals surface area contributed by atoms with E-state index in [9.17, 15) is 9.59 Å². The van der Waals surface area contributed by atoms with E-state index in [0.717, 1.165) is 6.07 Å². The zero-order valence-electron chi connectivity index (χ0n) is 7.23. The van der Waals surface area contributed by atoms with Crippen LogP contribution in [0.2, 0.25) is 0 Å². The monoisotopic (exact) mass is 198 g/mol. The molecule has 0 bridgehead atoms. The molecule has 0 spiro atoms. The summed E-state index contributed by atoms with van der Waals surface area (Å²) in [6.07, 6.45) is 1.03. The summed E-state index contributed by atoms with van der Waals surface area (Å²) in [6.45, 7) is 0. The highest BCUT2D eigenvalue weighted by molar-refractivity contribution is 5.67. The number of H-pyrrole nitrogens is 1. The fourth-order valence-electron chi connectivity index (χ4n) is 1.01. The Hall–Kier alpha value is -1.82. The van der Waals surface area contributed by atoms with Crippen molar-refractivity contribution in [3.8, 4) is 5.75 Å². The van der Waals surface area contributed by atoms with Crippen LogP contribution >= 0.6 is 0 Å². The number of aromatic nitrogens is 1. The molecule has 0 aromatic carbocycles. The number of aromatic amines is 1. The number of nitrogens with two attached hydrogens (primary N) is 1. The minimum Gasteiger partial charge on any atom is -0.503 e. The van der Waals surface area contributed by atoms with Crippen LogP contribution in [0.5, 0.6) is 5.75 Å². The summed E-state index contributed by atoms with van der Waals surface area (Å²) in [5.41, 5.74) is 5.25. The topological polar surface area (TPSA) is 116 Å². The third-order valence-electron chi connectivity index (χ3n) is 1.73. The molecule has 0 amide bonds. The Morgan fingerprint density at radius 1 is 1.64 bits per heavy atom. The van der Waals surface area contributed by atoms with E-state index in [1.54, 1.807) is 0 Å². The number of pyridine rings is 1. The van der Waals surface area contributed by atoms with Gasteiger partial charge in [-0.1, -0.05) is 0 Å². The molecule has 0 fully saturated rings. The summed E-state index contributed by atoms with van der Waals surface area (Å²) >= 11 is 0. The van der Waals surface area contributed by atoms with Gasteiger partial charge >= 0.3 is 5.97 Å². The van der Waals surface area contributed by atoms with Gasteiger partial charge in [0.15, 0.2) is 5.75 Å². The first kappa shape index (κ1) is 10.3. The third-order valence-corrected chi connectivity index (χ3v) is 1.73. The summed E-state index contributed by atoms with van der Waals surface area (Å²) in [5, 5.41) is 17.5. The number of rotatable bonds is 3. The van der Waals surface area contributed by atoms with E-state index >= 15 is 0 Å². The standard InChI is InChI=1S/C8H10N2O4/c9-5(2-7(12)13)4-1-6(11)8(14)10-3-4/h1,3,5,11H,2,9H2,(H,10,14)(H,12,13)/t5-/m1/s1. The Labute approximate surface area is 79.0 Å². The molecule has 1 aromatic rings. The summed E-state index contributed by atoms with van der Waals surface area (Å²) in [7, 11) is 0. The third kappa shape index (κ3) is 2.33. The molecule has 0 aliphatic heterocycles. The van der Waals surface area contributed by atoms with Crippen molar-refractivity contribution >= 4 is 5.97 Å². The van der Waals surface area contributed by atoms with E-state index in [4.69, 9.17) is 15.9 Å². The Kier molecular flexibility index (Phi) is 2.88. The molecule has 0 aliphatic rings. The summed E-state index contributed by atoms with van der Waals surface area (Å²) < 4.78 is 0. The number of carboxylic acid groups (broad SMARTS) is 1. The quantitative estimate of drug-likeness (QED) is 0.525. The zero-order chi connectivity index (χ0) is 10.7. The molecule has 76 valence electrons. The summed E-state index contributed by atoms with van der Waals surface area (Å²) in [5.74, 6) is -1.51. The number of carbonyl (C=O) groups is 1. The van der Waals surface area contributed by atoms with Crippen molar-refractivity contribution in [1.29, 1.82) is 0 Å². The van der Waals surface area contributed by atoms with Gasteiger partial charge in [0.05, 0.1) is 6.42 Å². The molecule has 6 nitrogen and oxygen atoms in total. The second kappa shape index (κ2) is 3.93. The van der Waals surface area contributed by atoms with Gasteiger partial charge in [0.1, 0.15) is 0 Å². The fraction of sp³-hybridized carbons (Fsp3) is 0.250. The number of aliphatic carboxylic acids is 1. The van der Waals surface area contributed by atoms with Crippen molar-refractivity contribution in [2.24, 2.45) is 5.73 Å². The summed E-state index contributed by atoms with van der Waals surface area (Å²) in [4.78, 5) is 23.3. The second-order valence-electron chi connectivity index (χ2n) is 2.85. The molecule has 1 atom stereocenters. The average Bonchev–Trinajstić information content (AvgIpc) is 2.08. The van der Waals surface area contributed by atoms with Crippen LogP contribution in [0.25, 0.3) is 0 Å². The fourth-order valence-corrected chi connectivity index (χ4v) is 1.01. The molecule has 1 rings (SSSR count). The van der Waals surface area contributed by atoms with Gasteiger partial charge in [-0.05, 0) is 11.6 Å². The largest absolute Gasteiger partial charge is 0.503 e. The van der Waals surface area contributed by atoms with Crippen LogP contribution in [0.15, 0.2) is 17.1 Å². The highest BCUT2D eigenvalue weighted by atomic mass is 16.4. The van der Waals surface area contributed by atoms with Crippen molar-refractivity contribution in [1.82, 2.24) is 4.98 Å². The number of hydrogen-bond acceptors (Lipinski definition) is 4. The van der Waals surface area contributed by atoms with Crippen molar-refractivity contribution in [3.05, 3.63) is 28.2 Å². The molecule has 0 saturated carbocycles. The van der Waals surface area contributed by atoms with Crippen LogP contribution in [0, 0.1) is 0 Å². The number of carboxylic acids is 1. The SMILES string of the molecule is N[C@H](CC(=O)O)c1c[nH]c(=O)c(O)c1. The van der Waals surface area contributed by atoms with Crippen molar-refractivity contribution in [3.63, 3.8) is 0 Å². The first-order chi connectivity index (χ1) is 6.50. The maximum absolute atomic E-state index is 10.8. The molecule has 14 heavy (non-hydrogen) atoms. The van der Waals surface area contributed by atoms with Gasteiger partial charge in [0.25, 0.3) is 5.56 Å². The Morgan fingerprint density at radius 2 is 2.29 bits per heavy atom. The molecule has 0 radical (unpaired) electrons. The van der Waals surface area contributed by atoms with E-state index in [0.29, 0.717) is 5.56 Å². The lowest BCUT2D eigenvalue weighted by Gasteiger charge is -2.08. The maximum Gasteiger partial charge on any atom is 0.305 e. The highest BCUT2D eigenvalue weighted by Crippen LogP contribution is 2.14. The van der Waals surface area contributed by atoms with E-state index in [1.807, 2.05) is 0 Å². The molecule has 5 N–H and O–H groups in total. The molecule has 1 heterocycles. The normalized spacial score (nSPS) is 12.4. The molecule has 0 unspecified atom stereocenters. The minimum atomic E-state index is -1.04. The Balaban J connectivity index is 2.91. The average molecular weight is 198 g/mol. The lowest BCUT2D eigenvalue weighted by Crippen LogP contribution is -2.17. The molecule has 1 aromatic heterocycles. The maximum atomic E-state index is 10.8. The molecule has 6 heteroatoms. The Bertz CT molecular complexity index is 399. The minimum absolute atomic E-state index is 0.258. The van der Waals surface area contributed by atoms with Crippen LogP contribution in [0.3, 0.4) is 0 Å². The summed E-state index contributed by atoms with van der Waals surface area (Å²) in [6, 6.07) is 0.419. The zero-order valence-corrected chi connectivity index (χ0v) is 7.23. The van der Waals surface area contributed by atoms with Crippen LogP contribution in [0.4, 0.5) is 0 Å². The van der Waals surface area contributed by atoms with Gasteiger partial charge in [-0.3, -0.25) is 9.59 Å². The van der Waals surface area contributed by atoms with Gasteiger partial charge < -0.3 is 20.9 Å². The van der Waals surface area contributed by atoms with Crippen LogP contribution in [0.1, 0.15) is 18.0 Å². The van der Waals surface area contributed by atoms with E-state index in [1.165, 1.54) is 6.20 Å². The molecule has 0 saturated heterocycles. The van der Waals surface area contributed by atoms with Gasteiger partial charge in [-0.15, -0.1) is 0 Å². The predicted octanol–water partition coefficient (Wildman–Crippen LogP) is -0.445. The molecule has 0 aliphatic carbocycles. The molecular weight excluding hydrogens is 188 g/mol. The van der Waals surface area contributed by atoms with Crippen LogP contribution in [-0.4, -0.2) is 21.2 Å². The lowest BCUT2D eigenvalue weighted by atomic mass is 10.1. The van der Waals surface area contributed by atoms with Gasteiger partial charge in [-0.25, -0.2) is 0 Å². The van der Waals surface area contributed by atoms with Gasteiger partial charge in [0.2, 0.25) is 0 Å². The van der Waals surface area contributed by atoms with Gasteiger partial charge in [-0.2, -0.15) is 0 Å².